The maximum absolute atomic E-state index is 12.4. The van der Waals surface area contributed by atoms with E-state index >= 15 is 0 Å². The lowest BCUT2D eigenvalue weighted by Crippen LogP contribution is -2.51. The first-order valence-electron chi connectivity index (χ1n) is 8.64. The molecule has 0 aromatic rings. The minimum absolute atomic E-state index is 0.117. The van der Waals surface area contributed by atoms with E-state index in [0.717, 1.165) is 32.3 Å². The molecule has 1 heterocycles. The van der Waals surface area contributed by atoms with E-state index in [1.807, 2.05) is 20.8 Å². The lowest BCUT2D eigenvalue weighted by Gasteiger charge is -2.31. The molecule has 2 rings (SSSR count). The molecule has 0 radical (unpaired) electrons. The van der Waals surface area contributed by atoms with Crippen LogP contribution in [-0.4, -0.2) is 54.3 Å². The third-order valence-corrected chi connectivity index (χ3v) is 4.16. The molecule has 1 aliphatic carbocycles. The Morgan fingerprint density at radius 2 is 2.00 bits per heavy atom. The van der Waals surface area contributed by atoms with Gasteiger partial charge in [0.25, 0.3) is 0 Å². The molecule has 0 unspecified atom stereocenters. The van der Waals surface area contributed by atoms with Crippen molar-refractivity contribution in [2.75, 3.05) is 19.8 Å². The van der Waals surface area contributed by atoms with E-state index < -0.39 is 17.7 Å². The highest BCUT2D eigenvalue weighted by molar-refractivity contribution is 5.85. The first-order valence-corrected chi connectivity index (χ1v) is 8.64. The van der Waals surface area contributed by atoms with Crippen molar-refractivity contribution in [3.05, 3.63) is 0 Å². The zero-order chi connectivity index (χ0) is 17.0. The van der Waals surface area contributed by atoms with E-state index in [4.69, 9.17) is 9.47 Å². The zero-order valence-corrected chi connectivity index (χ0v) is 14.8. The Bertz CT molecular complexity index is 423. The van der Waals surface area contributed by atoms with Gasteiger partial charge in [-0.1, -0.05) is 0 Å². The SMILES string of the molecule is C[C@H](C(=O)NC[C@@H]1CCCOC1)N(C(=O)OC(C)(C)C)C1CC1. The van der Waals surface area contributed by atoms with E-state index in [9.17, 15) is 9.59 Å². The summed E-state index contributed by atoms with van der Waals surface area (Å²) in [5.74, 6) is 0.254. The maximum atomic E-state index is 12.4. The molecule has 0 spiro atoms. The van der Waals surface area contributed by atoms with E-state index in [2.05, 4.69) is 5.32 Å². The van der Waals surface area contributed by atoms with Crippen molar-refractivity contribution < 1.29 is 19.1 Å². The van der Waals surface area contributed by atoms with Crippen LogP contribution in [0.25, 0.3) is 0 Å². The number of nitrogens with zero attached hydrogens (tertiary/aromatic N) is 1. The number of rotatable bonds is 5. The molecule has 0 bridgehead atoms. The molecule has 1 saturated carbocycles. The Kier molecular flexibility index (Phi) is 5.89. The summed E-state index contributed by atoms with van der Waals surface area (Å²) in [6, 6.07) is -0.384. The third kappa shape index (κ3) is 5.68. The normalized spacial score (nSPS) is 23.0. The molecule has 1 aliphatic heterocycles. The van der Waals surface area contributed by atoms with Gasteiger partial charge in [0.2, 0.25) is 5.91 Å². The molecule has 1 N–H and O–H groups in total. The van der Waals surface area contributed by atoms with Crippen LogP contribution in [0.1, 0.15) is 53.4 Å². The third-order valence-electron chi connectivity index (χ3n) is 4.16. The minimum Gasteiger partial charge on any atom is -0.444 e. The van der Waals surface area contributed by atoms with Crippen LogP contribution in [0.4, 0.5) is 4.79 Å². The molecule has 1 saturated heterocycles. The van der Waals surface area contributed by atoms with E-state index in [-0.39, 0.29) is 11.9 Å². The number of carbonyl (C=O) groups is 2. The van der Waals surface area contributed by atoms with Crippen molar-refractivity contribution in [1.82, 2.24) is 10.2 Å². The average Bonchev–Trinajstić information content (AvgIpc) is 3.28. The molecule has 2 amide bonds. The highest BCUT2D eigenvalue weighted by Crippen LogP contribution is 2.30. The largest absolute Gasteiger partial charge is 0.444 e. The van der Waals surface area contributed by atoms with Crippen LogP contribution in [0.3, 0.4) is 0 Å². The van der Waals surface area contributed by atoms with Crippen LogP contribution < -0.4 is 5.32 Å². The molecule has 2 fully saturated rings. The Hall–Kier alpha value is -1.30. The van der Waals surface area contributed by atoms with Gasteiger partial charge in [0, 0.05) is 19.2 Å². The smallest absolute Gasteiger partial charge is 0.411 e. The van der Waals surface area contributed by atoms with Gasteiger partial charge in [0.15, 0.2) is 0 Å². The van der Waals surface area contributed by atoms with Crippen LogP contribution in [0.5, 0.6) is 0 Å². The molecule has 132 valence electrons. The fourth-order valence-corrected chi connectivity index (χ4v) is 2.78. The monoisotopic (exact) mass is 326 g/mol. The summed E-state index contributed by atoms with van der Waals surface area (Å²) < 4.78 is 10.9. The van der Waals surface area contributed by atoms with Gasteiger partial charge in [-0.25, -0.2) is 4.79 Å². The van der Waals surface area contributed by atoms with Crippen molar-refractivity contribution in [2.24, 2.45) is 5.92 Å². The summed E-state index contributed by atoms with van der Waals surface area (Å²) in [7, 11) is 0. The van der Waals surface area contributed by atoms with Crippen LogP contribution >= 0.6 is 0 Å². The summed E-state index contributed by atoms with van der Waals surface area (Å²) in [4.78, 5) is 26.4. The van der Waals surface area contributed by atoms with Crippen LogP contribution in [0, 0.1) is 5.92 Å². The first-order chi connectivity index (χ1) is 10.8. The van der Waals surface area contributed by atoms with Gasteiger partial charge >= 0.3 is 6.09 Å². The number of carbonyl (C=O) groups excluding carboxylic acids is 2. The molecule has 2 aliphatic rings. The second-order valence-corrected chi connectivity index (χ2v) is 7.62. The second kappa shape index (κ2) is 7.51. The lowest BCUT2D eigenvalue weighted by atomic mass is 10.0. The molecule has 2 atom stereocenters. The van der Waals surface area contributed by atoms with Gasteiger partial charge < -0.3 is 14.8 Å². The zero-order valence-electron chi connectivity index (χ0n) is 14.8. The quantitative estimate of drug-likeness (QED) is 0.842. The lowest BCUT2D eigenvalue weighted by molar-refractivity contribution is -0.126. The Balaban J connectivity index is 1.87. The number of amides is 2. The molecule has 23 heavy (non-hydrogen) atoms. The number of hydrogen-bond acceptors (Lipinski definition) is 4. The van der Waals surface area contributed by atoms with Gasteiger partial charge in [-0.05, 0) is 59.3 Å². The van der Waals surface area contributed by atoms with Crippen LogP contribution in [0.15, 0.2) is 0 Å². The van der Waals surface area contributed by atoms with Gasteiger partial charge in [0.1, 0.15) is 11.6 Å². The Morgan fingerprint density at radius 3 is 2.52 bits per heavy atom. The topological polar surface area (TPSA) is 67.9 Å². The standard InChI is InChI=1S/C17H30N2O4/c1-12(15(20)18-10-13-6-5-9-22-11-13)19(14-7-8-14)16(21)23-17(2,3)4/h12-14H,5-11H2,1-4H3,(H,18,20)/t12-,13+/m1/s1. The number of hydrogen-bond donors (Lipinski definition) is 1. The van der Waals surface area contributed by atoms with Crippen molar-refractivity contribution >= 4 is 12.0 Å². The molecule has 6 nitrogen and oxygen atoms in total. The fraction of sp³-hybridized carbons (Fsp3) is 0.882. The molecule has 0 aromatic carbocycles. The summed E-state index contributed by atoms with van der Waals surface area (Å²) in [6.07, 6.45) is 3.60. The van der Waals surface area contributed by atoms with Gasteiger partial charge in [-0.15, -0.1) is 0 Å². The molecule has 6 heteroatoms. The predicted molar refractivity (Wildman–Crippen MR) is 87.1 cm³/mol. The molecule has 0 aromatic heterocycles. The maximum Gasteiger partial charge on any atom is 0.411 e. The Morgan fingerprint density at radius 1 is 1.30 bits per heavy atom. The summed E-state index contributed by atoms with van der Waals surface area (Å²) in [5.41, 5.74) is -0.556. The second-order valence-electron chi connectivity index (χ2n) is 7.62. The van der Waals surface area contributed by atoms with Gasteiger partial charge in [0.05, 0.1) is 6.61 Å². The average molecular weight is 326 g/mol. The summed E-state index contributed by atoms with van der Waals surface area (Å²) in [6.45, 7) is 9.41. The van der Waals surface area contributed by atoms with Crippen molar-refractivity contribution in [3.8, 4) is 0 Å². The predicted octanol–water partition coefficient (Wildman–Crippen LogP) is 2.32. The van der Waals surface area contributed by atoms with E-state index in [0.29, 0.717) is 19.1 Å². The summed E-state index contributed by atoms with van der Waals surface area (Å²) >= 11 is 0. The van der Waals surface area contributed by atoms with E-state index in [1.54, 1.807) is 11.8 Å². The van der Waals surface area contributed by atoms with E-state index in [1.165, 1.54) is 0 Å². The van der Waals surface area contributed by atoms with Crippen molar-refractivity contribution in [1.29, 1.82) is 0 Å². The number of nitrogens with one attached hydrogen (secondary N) is 1. The van der Waals surface area contributed by atoms with Crippen molar-refractivity contribution in [2.45, 2.75) is 71.1 Å². The summed E-state index contributed by atoms with van der Waals surface area (Å²) in [5, 5.41) is 2.96. The highest BCUT2D eigenvalue weighted by atomic mass is 16.6. The first kappa shape index (κ1) is 18.0. The van der Waals surface area contributed by atoms with Gasteiger partial charge in [-0.2, -0.15) is 0 Å². The van der Waals surface area contributed by atoms with Crippen LogP contribution in [-0.2, 0) is 14.3 Å². The van der Waals surface area contributed by atoms with Gasteiger partial charge in [-0.3, -0.25) is 9.69 Å². The van der Waals surface area contributed by atoms with Crippen LogP contribution in [0.2, 0.25) is 0 Å². The minimum atomic E-state index is -0.556. The highest BCUT2D eigenvalue weighted by Gasteiger charge is 2.40. The van der Waals surface area contributed by atoms with Crippen molar-refractivity contribution in [3.63, 3.8) is 0 Å². The molecular weight excluding hydrogens is 296 g/mol. The Labute approximate surface area is 138 Å². The fourth-order valence-electron chi connectivity index (χ4n) is 2.78. The number of ether oxygens (including phenoxy) is 2. The molecular formula is C17H30N2O4.